The highest BCUT2D eigenvalue weighted by Gasteiger charge is 2.52. The van der Waals surface area contributed by atoms with Crippen LogP contribution in [0.4, 0.5) is 0 Å². The van der Waals surface area contributed by atoms with Gasteiger partial charge in [-0.1, -0.05) is 12.1 Å². The Morgan fingerprint density at radius 2 is 1.85 bits per heavy atom. The van der Waals surface area contributed by atoms with Gasteiger partial charge in [-0.2, -0.15) is 0 Å². The lowest BCUT2D eigenvalue weighted by molar-refractivity contribution is -0.118. The molecule has 0 saturated carbocycles. The Labute approximate surface area is 155 Å². The topological polar surface area (TPSA) is 73.9 Å². The molecule has 0 aromatic heterocycles. The average Bonchev–Trinajstić information content (AvgIpc) is 2.78. The lowest BCUT2D eigenvalue weighted by atomic mass is 9.77. The highest BCUT2D eigenvalue weighted by atomic mass is 16.7. The third-order valence-corrected chi connectivity index (χ3v) is 4.83. The zero-order valence-corrected chi connectivity index (χ0v) is 16.2. The zero-order valence-electron chi connectivity index (χ0n) is 16.2. The molecule has 6 nitrogen and oxygen atoms in total. The predicted octanol–water partition coefficient (Wildman–Crippen LogP) is 2.66. The molecule has 1 saturated heterocycles. The van der Waals surface area contributed by atoms with Crippen LogP contribution in [0.15, 0.2) is 23.7 Å². The Bertz CT molecular complexity index is 711. The molecule has 0 aliphatic carbocycles. The van der Waals surface area contributed by atoms with Crippen LogP contribution in [0.2, 0.25) is 0 Å². The molecule has 7 heteroatoms. The fraction of sp³-hybridized carbons (Fsp3) is 0.474. The molecular formula is C19H26BNO5. The zero-order chi connectivity index (χ0) is 19.5. The van der Waals surface area contributed by atoms with E-state index in [1.807, 2.05) is 39.8 Å². The Kier molecular flexibility index (Phi) is 5.93. The quantitative estimate of drug-likeness (QED) is 0.624. The van der Waals surface area contributed by atoms with E-state index in [2.05, 4.69) is 5.32 Å². The number of benzene rings is 1. The summed E-state index contributed by atoms with van der Waals surface area (Å²) in [4.78, 5) is 22.4. The number of carbonyl (C=O) groups excluding carboxylic acids is 2. The van der Waals surface area contributed by atoms with E-state index in [1.165, 1.54) is 14.0 Å². The van der Waals surface area contributed by atoms with Crippen LogP contribution >= 0.6 is 0 Å². The van der Waals surface area contributed by atoms with E-state index in [9.17, 15) is 9.59 Å². The molecule has 26 heavy (non-hydrogen) atoms. The van der Waals surface area contributed by atoms with Crippen molar-refractivity contribution >= 4 is 25.4 Å². The van der Waals surface area contributed by atoms with Gasteiger partial charge in [-0.3, -0.25) is 9.59 Å². The number of aldehydes is 1. The van der Waals surface area contributed by atoms with Gasteiger partial charge in [-0.05, 0) is 50.9 Å². The number of nitrogens with one attached hydrogen (secondary N) is 1. The van der Waals surface area contributed by atoms with Crippen molar-refractivity contribution in [2.75, 3.05) is 13.7 Å². The normalized spacial score (nSPS) is 18.5. The van der Waals surface area contributed by atoms with Crippen molar-refractivity contribution in [3.05, 3.63) is 34.8 Å². The number of rotatable bonds is 6. The fourth-order valence-corrected chi connectivity index (χ4v) is 2.55. The lowest BCUT2D eigenvalue weighted by Crippen LogP contribution is -2.41. The molecule has 0 atom stereocenters. The van der Waals surface area contributed by atoms with Crippen LogP contribution in [0.1, 0.15) is 50.5 Å². The fourth-order valence-electron chi connectivity index (χ4n) is 2.55. The molecule has 1 amide bonds. The third-order valence-electron chi connectivity index (χ3n) is 4.83. The predicted molar refractivity (Wildman–Crippen MR) is 101 cm³/mol. The van der Waals surface area contributed by atoms with Crippen LogP contribution in [0.25, 0.3) is 6.08 Å². The molecule has 140 valence electrons. The molecule has 2 rings (SSSR count). The van der Waals surface area contributed by atoms with Gasteiger partial charge < -0.3 is 19.4 Å². The van der Waals surface area contributed by atoms with Gasteiger partial charge in [0, 0.05) is 13.5 Å². The van der Waals surface area contributed by atoms with Crippen molar-refractivity contribution in [3.63, 3.8) is 0 Å². The maximum atomic E-state index is 11.4. The minimum Gasteiger partial charge on any atom is -0.496 e. The lowest BCUT2D eigenvalue weighted by Gasteiger charge is -2.32. The van der Waals surface area contributed by atoms with E-state index in [-0.39, 0.29) is 5.91 Å². The van der Waals surface area contributed by atoms with Gasteiger partial charge in [0.1, 0.15) is 5.75 Å². The highest BCUT2D eigenvalue weighted by Crippen LogP contribution is 2.38. The molecule has 1 fully saturated rings. The first-order chi connectivity index (χ1) is 12.1. The maximum Gasteiger partial charge on any atom is 0.492 e. The SMILES string of the molecule is COc1cc(C=C(CNC(C)=O)B2OC(C)(C)C(C)(C)O2)ccc1C=O. The summed E-state index contributed by atoms with van der Waals surface area (Å²) in [5.41, 5.74) is 1.11. The second-order valence-electron chi connectivity index (χ2n) is 7.34. The molecule has 0 radical (unpaired) electrons. The second kappa shape index (κ2) is 7.64. The van der Waals surface area contributed by atoms with E-state index in [1.54, 1.807) is 12.1 Å². The Hall–Kier alpha value is -2.12. The first-order valence-corrected chi connectivity index (χ1v) is 8.53. The van der Waals surface area contributed by atoms with Gasteiger partial charge >= 0.3 is 7.12 Å². The first-order valence-electron chi connectivity index (χ1n) is 8.53. The van der Waals surface area contributed by atoms with Gasteiger partial charge in [0.15, 0.2) is 6.29 Å². The number of carbonyl (C=O) groups is 2. The molecular weight excluding hydrogens is 333 g/mol. The van der Waals surface area contributed by atoms with E-state index >= 15 is 0 Å². The van der Waals surface area contributed by atoms with E-state index in [0.29, 0.717) is 17.9 Å². The molecule has 0 unspecified atom stereocenters. The Morgan fingerprint density at radius 3 is 2.35 bits per heavy atom. The second-order valence-corrected chi connectivity index (χ2v) is 7.34. The van der Waals surface area contributed by atoms with Crippen LogP contribution in [-0.2, 0) is 14.1 Å². The van der Waals surface area contributed by atoms with Crippen molar-refractivity contribution in [2.24, 2.45) is 0 Å². The van der Waals surface area contributed by atoms with Crippen LogP contribution in [0, 0.1) is 0 Å². The van der Waals surface area contributed by atoms with Crippen molar-refractivity contribution in [3.8, 4) is 5.75 Å². The Balaban J connectivity index is 2.37. The van der Waals surface area contributed by atoms with E-state index < -0.39 is 18.3 Å². The molecule has 1 aromatic rings. The number of hydrogen-bond donors (Lipinski definition) is 1. The summed E-state index contributed by atoms with van der Waals surface area (Å²) in [6.45, 7) is 9.67. The van der Waals surface area contributed by atoms with E-state index in [0.717, 1.165) is 17.3 Å². The molecule has 0 bridgehead atoms. The third kappa shape index (κ3) is 4.34. The molecule has 1 aromatic carbocycles. The van der Waals surface area contributed by atoms with Gasteiger partial charge in [0.2, 0.25) is 5.91 Å². The van der Waals surface area contributed by atoms with Crippen LogP contribution in [-0.4, -0.2) is 44.2 Å². The number of amides is 1. The molecule has 0 spiro atoms. The largest absolute Gasteiger partial charge is 0.496 e. The summed E-state index contributed by atoms with van der Waals surface area (Å²) in [7, 11) is 0.936. The summed E-state index contributed by atoms with van der Waals surface area (Å²) in [5.74, 6) is 0.350. The van der Waals surface area contributed by atoms with Gasteiger partial charge in [0.25, 0.3) is 0 Å². The summed E-state index contributed by atoms with van der Waals surface area (Å²) < 4.78 is 17.5. The molecule has 1 heterocycles. The highest BCUT2D eigenvalue weighted by molar-refractivity contribution is 6.56. The maximum absolute atomic E-state index is 11.4. The number of methoxy groups -OCH3 is 1. The van der Waals surface area contributed by atoms with Crippen molar-refractivity contribution < 1.29 is 23.6 Å². The Morgan fingerprint density at radius 1 is 1.23 bits per heavy atom. The van der Waals surface area contributed by atoms with E-state index in [4.69, 9.17) is 14.0 Å². The molecule has 1 aliphatic rings. The average molecular weight is 359 g/mol. The first kappa shape index (κ1) is 20.2. The van der Waals surface area contributed by atoms with Crippen molar-refractivity contribution in [2.45, 2.75) is 45.8 Å². The summed E-state index contributed by atoms with van der Waals surface area (Å²) in [6, 6.07) is 5.27. The van der Waals surface area contributed by atoms with Crippen LogP contribution < -0.4 is 10.1 Å². The smallest absolute Gasteiger partial charge is 0.492 e. The minimum absolute atomic E-state index is 0.138. The minimum atomic E-state index is -0.580. The summed E-state index contributed by atoms with van der Waals surface area (Å²) in [5, 5.41) is 2.79. The van der Waals surface area contributed by atoms with Crippen molar-refractivity contribution in [1.29, 1.82) is 0 Å². The summed E-state index contributed by atoms with van der Waals surface area (Å²) in [6.07, 6.45) is 2.63. The summed E-state index contributed by atoms with van der Waals surface area (Å²) >= 11 is 0. The number of hydrogen-bond acceptors (Lipinski definition) is 5. The van der Waals surface area contributed by atoms with Gasteiger partial charge in [-0.25, -0.2) is 0 Å². The number of ether oxygens (including phenoxy) is 1. The van der Waals surface area contributed by atoms with Crippen LogP contribution in [0.3, 0.4) is 0 Å². The molecule has 1 N–H and O–H groups in total. The van der Waals surface area contributed by atoms with Gasteiger partial charge in [0.05, 0.1) is 23.9 Å². The molecule has 1 aliphatic heterocycles. The van der Waals surface area contributed by atoms with Crippen LogP contribution in [0.5, 0.6) is 5.75 Å². The van der Waals surface area contributed by atoms with Gasteiger partial charge in [-0.15, -0.1) is 0 Å². The monoisotopic (exact) mass is 359 g/mol. The standard InChI is InChI=1S/C19H26BNO5/c1-13(23)21-11-16(20-25-18(2,3)19(4,5)26-20)9-14-7-8-15(12-22)17(10-14)24-6/h7-10,12H,11H2,1-6H3,(H,21,23). The van der Waals surface area contributed by atoms with Crippen molar-refractivity contribution in [1.82, 2.24) is 5.32 Å².